The Kier molecular flexibility index (Phi) is 4.34. The zero-order chi connectivity index (χ0) is 15.6. The smallest absolute Gasteiger partial charge is 0.207 e. The van der Waals surface area contributed by atoms with Crippen molar-refractivity contribution < 1.29 is 21.6 Å². The zero-order valence-electron chi connectivity index (χ0n) is 11.0. The Hall–Kier alpha value is -1.86. The Bertz CT molecular complexity index is 776. The van der Waals surface area contributed by atoms with E-state index in [1.54, 1.807) is 19.1 Å². The quantitative estimate of drug-likeness (QED) is 0.882. The summed E-state index contributed by atoms with van der Waals surface area (Å²) in [5, 5.41) is 0. The number of rotatable bonds is 4. The van der Waals surface area contributed by atoms with Gasteiger partial charge in [-0.3, -0.25) is 0 Å². The molecule has 0 aliphatic heterocycles. The number of benzene rings is 2. The minimum Gasteiger partial charge on any atom is -0.207 e. The Morgan fingerprint density at radius 2 is 1.67 bits per heavy atom. The van der Waals surface area contributed by atoms with Crippen molar-refractivity contribution in [2.45, 2.75) is 18.4 Å². The molecule has 0 atom stereocenters. The molecule has 1 N–H and O–H groups in total. The van der Waals surface area contributed by atoms with Gasteiger partial charge in [0, 0.05) is 18.2 Å². The van der Waals surface area contributed by atoms with Gasteiger partial charge in [0.1, 0.15) is 5.82 Å². The third kappa shape index (κ3) is 3.62. The topological polar surface area (TPSA) is 46.2 Å². The Labute approximate surface area is 120 Å². The highest BCUT2D eigenvalue weighted by Gasteiger charge is 2.16. The number of halogens is 3. The number of hydrogen-bond donors (Lipinski definition) is 1. The summed E-state index contributed by atoms with van der Waals surface area (Å²) in [4.78, 5) is 0.0190. The SMILES string of the molecule is Cc1cccc(S(=O)(=O)NCc2cc(F)c(F)cc2F)c1. The van der Waals surface area contributed by atoms with E-state index in [0.717, 1.165) is 5.56 Å². The summed E-state index contributed by atoms with van der Waals surface area (Å²) < 4.78 is 65.4. The van der Waals surface area contributed by atoms with Crippen LogP contribution < -0.4 is 4.72 Å². The van der Waals surface area contributed by atoms with Crippen molar-refractivity contribution >= 4 is 10.0 Å². The molecule has 0 spiro atoms. The molecule has 21 heavy (non-hydrogen) atoms. The van der Waals surface area contributed by atoms with Gasteiger partial charge >= 0.3 is 0 Å². The van der Waals surface area contributed by atoms with Crippen LogP contribution in [0, 0.1) is 24.4 Å². The molecule has 112 valence electrons. The van der Waals surface area contributed by atoms with Crippen LogP contribution in [-0.4, -0.2) is 8.42 Å². The maximum Gasteiger partial charge on any atom is 0.240 e. The molecule has 0 fully saturated rings. The normalized spacial score (nSPS) is 11.6. The van der Waals surface area contributed by atoms with Gasteiger partial charge < -0.3 is 0 Å². The molecule has 2 aromatic carbocycles. The zero-order valence-corrected chi connectivity index (χ0v) is 11.8. The first-order valence-electron chi connectivity index (χ1n) is 5.99. The second-order valence-corrected chi connectivity index (χ2v) is 6.27. The summed E-state index contributed by atoms with van der Waals surface area (Å²) in [6.45, 7) is 1.26. The van der Waals surface area contributed by atoms with Crippen molar-refractivity contribution in [3.8, 4) is 0 Å². The summed E-state index contributed by atoms with van der Waals surface area (Å²) in [5.74, 6) is -3.57. The molecule has 0 bridgehead atoms. The van der Waals surface area contributed by atoms with Crippen LogP contribution >= 0.6 is 0 Å². The monoisotopic (exact) mass is 315 g/mol. The first kappa shape index (κ1) is 15.5. The summed E-state index contributed by atoms with van der Waals surface area (Å²) in [5.41, 5.74) is 0.474. The standard InChI is InChI=1S/C14H12F3NO2S/c1-9-3-2-4-11(5-9)21(19,20)18-8-10-6-13(16)14(17)7-12(10)15/h2-7,18H,8H2,1H3. The summed E-state index contributed by atoms with van der Waals surface area (Å²) in [6, 6.07) is 7.14. The molecule has 0 aliphatic carbocycles. The van der Waals surface area contributed by atoms with E-state index in [1.165, 1.54) is 12.1 Å². The van der Waals surface area contributed by atoms with Gasteiger partial charge in [0.05, 0.1) is 4.90 Å². The van der Waals surface area contributed by atoms with Crippen LogP contribution in [0.15, 0.2) is 41.3 Å². The van der Waals surface area contributed by atoms with Gasteiger partial charge in [-0.2, -0.15) is 0 Å². The van der Waals surface area contributed by atoms with Crippen LogP contribution in [0.25, 0.3) is 0 Å². The van der Waals surface area contributed by atoms with Gasteiger partial charge in [0.15, 0.2) is 11.6 Å². The van der Waals surface area contributed by atoms with Crippen LogP contribution in [0.5, 0.6) is 0 Å². The van der Waals surface area contributed by atoms with Crippen molar-refractivity contribution in [3.05, 3.63) is 65.0 Å². The fourth-order valence-corrected chi connectivity index (χ4v) is 2.85. The van der Waals surface area contributed by atoms with E-state index in [4.69, 9.17) is 0 Å². The molecule has 7 heteroatoms. The maximum atomic E-state index is 13.4. The van der Waals surface area contributed by atoms with Crippen LogP contribution in [0.3, 0.4) is 0 Å². The fraction of sp³-hybridized carbons (Fsp3) is 0.143. The van der Waals surface area contributed by atoms with Gasteiger partial charge in [0.25, 0.3) is 0 Å². The van der Waals surface area contributed by atoms with E-state index in [1.807, 2.05) is 0 Å². The molecule has 3 nitrogen and oxygen atoms in total. The second-order valence-electron chi connectivity index (χ2n) is 4.50. The Morgan fingerprint density at radius 3 is 2.33 bits per heavy atom. The third-order valence-corrected chi connectivity index (χ3v) is 4.24. The van der Waals surface area contributed by atoms with Crippen molar-refractivity contribution in [2.75, 3.05) is 0 Å². The van der Waals surface area contributed by atoms with E-state index in [-0.39, 0.29) is 10.5 Å². The minimum absolute atomic E-state index is 0.0190. The van der Waals surface area contributed by atoms with E-state index < -0.39 is 34.0 Å². The molecule has 0 radical (unpaired) electrons. The summed E-state index contributed by atoms with van der Waals surface area (Å²) >= 11 is 0. The number of hydrogen-bond acceptors (Lipinski definition) is 2. The first-order valence-corrected chi connectivity index (χ1v) is 7.47. The van der Waals surface area contributed by atoms with Crippen LogP contribution in [-0.2, 0) is 16.6 Å². The van der Waals surface area contributed by atoms with Gasteiger partial charge in [-0.1, -0.05) is 12.1 Å². The van der Waals surface area contributed by atoms with Crippen LogP contribution in [0.4, 0.5) is 13.2 Å². The highest BCUT2D eigenvalue weighted by atomic mass is 32.2. The van der Waals surface area contributed by atoms with Gasteiger partial charge in [-0.05, 0) is 30.7 Å². The molecule has 0 unspecified atom stereocenters. The molecule has 0 heterocycles. The molecule has 0 saturated carbocycles. The lowest BCUT2D eigenvalue weighted by Crippen LogP contribution is -2.24. The van der Waals surface area contributed by atoms with Crippen molar-refractivity contribution in [1.29, 1.82) is 0 Å². The molecule has 0 saturated heterocycles. The third-order valence-electron chi connectivity index (χ3n) is 2.84. The first-order chi connectivity index (χ1) is 9.79. The lowest BCUT2D eigenvalue weighted by molar-refractivity contribution is 0.489. The fourth-order valence-electron chi connectivity index (χ4n) is 1.74. The van der Waals surface area contributed by atoms with Crippen molar-refractivity contribution in [3.63, 3.8) is 0 Å². The molecule has 0 aromatic heterocycles. The van der Waals surface area contributed by atoms with E-state index in [2.05, 4.69) is 4.72 Å². The molecule has 0 amide bonds. The maximum absolute atomic E-state index is 13.4. The second kappa shape index (κ2) is 5.87. The van der Waals surface area contributed by atoms with Crippen molar-refractivity contribution in [1.82, 2.24) is 4.72 Å². The average Bonchev–Trinajstić information content (AvgIpc) is 2.41. The van der Waals surface area contributed by atoms with E-state index in [0.29, 0.717) is 12.1 Å². The van der Waals surface area contributed by atoms with Gasteiger partial charge in [-0.15, -0.1) is 0 Å². The van der Waals surface area contributed by atoms with Crippen molar-refractivity contribution in [2.24, 2.45) is 0 Å². The lowest BCUT2D eigenvalue weighted by atomic mass is 10.2. The largest absolute Gasteiger partial charge is 0.240 e. The Balaban J connectivity index is 2.21. The predicted molar refractivity (Wildman–Crippen MR) is 71.5 cm³/mol. The number of aryl methyl sites for hydroxylation is 1. The lowest BCUT2D eigenvalue weighted by Gasteiger charge is -2.08. The number of sulfonamides is 1. The average molecular weight is 315 g/mol. The highest BCUT2D eigenvalue weighted by Crippen LogP contribution is 2.15. The highest BCUT2D eigenvalue weighted by molar-refractivity contribution is 7.89. The predicted octanol–water partition coefficient (Wildman–Crippen LogP) is 2.89. The molecular formula is C14H12F3NO2S. The minimum atomic E-state index is -3.85. The van der Waals surface area contributed by atoms with Gasteiger partial charge in [0.2, 0.25) is 10.0 Å². The molecular weight excluding hydrogens is 303 g/mol. The molecule has 2 aromatic rings. The number of nitrogens with one attached hydrogen (secondary N) is 1. The van der Waals surface area contributed by atoms with E-state index >= 15 is 0 Å². The van der Waals surface area contributed by atoms with Crippen LogP contribution in [0.2, 0.25) is 0 Å². The molecule has 0 aliphatic rings. The summed E-state index contributed by atoms with van der Waals surface area (Å²) in [7, 11) is -3.85. The Morgan fingerprint density at radius 1 is 1.00 bits per heavy atom. The van der Waals surface area contributed by atoms with Crippen LogP contribution in [0.1, 0.15) is 11.1 Å². The summed E-state index contributed by atoms with van der Waals surface area (Å²) in [6.07, 6.45) is 0. The van der Waals surface area contributed by atoms with E-state index in [9.17, 15) is 21.6 Å². The molecule has 2 rings (SSSR count). The van der Waals surface area contributed by atoms with Gasteiger partial charge in [-0.25, -0.2) is 26.3 Å².